The molecule has 90 valence electrons. The summed E-state index contributed by atoms with van der Waals surface area (Å²) in [7, 11) is 0. The van der Waals surface area contributed by atoms with E-state index in [1.54, 1.807) is 11.3 Å². The van der Waals surface area contributed by atoms with Gasteiger partial charge in [-0.2, -0.15) is 0 Å². The molecule has 1 amide bonds. The SMILES string of the molecule is CC(C)(CN)C(=O)NCCc1ccc(Cl)s1. The Balaban J connectivity index is 2.33. The molecule has 0 saturated carbocycles. The average molecular weight is 261 g/mol. The lowest BCUT2D eigenvalue weighted by atomic mass is 9.93. The number of thiophene rings is 1. The van der Waals surface area contributed by atoms with Gasteiger partial charge >= 0.3 is 0 Å². The molecule has 0 radical (unpaired) electrons. The summed E-state index contributed by atoms with van der Waals surface area (Å²) < 4.78 is 0.781. The van der Waals surface area contributed by atoms with Crippen molar-refractivity contribution in [2.75, 3.05) is 13.1 Å². The second-order valence-electron chi connectivity index (χ2n) is 4.30. The summed E-state index contributed by atoms with van der Waals surface area (Å²) >= 11 is 7.35. The van der Waals surface area contributed by atoms with Gasteiger partial charge in [0, 0.05) is 18.0 Å². The van der Waals surface area contributed by atoms with E-state index in [0.29, 0.717) is 13.1 Å². The fourth-order valence-corrected chi connectivity index (χ4v) is 2.20. The van der Waals surface area contributed by atoms with Gasteiger partial charge in [0.15, 0.2) is 0 Å². The van der Waals surface area contributed by atoms with Crippen LogP contribution in [0.4, 0.5) is 0 Å². The molecular weight excluding hydrogens is 244 g/mol. The molecule has 0 atom stereocenters. The first-order valence-electron chi connectivity index (χ1n) is 5.18. The van der Waals surface area contributed by atoms with Crippen LogP contribution >= 0.6 is 22.9 Å². The van der Waals surface area contributed by atoms with Crippen LogP contribution in [-0.2, 0) is 11.2 Å². The van der Waals surface area contributed by atoms with Gasteiger partial charge < -0.3 is 11.1 Å². The normalized spacial score (nSPS) is 11.5. The second kappa shape index (κ2) is 5.66. The first kappa shape index (κ1) is 13.5. The highest BCUT2D eigenvalue weighted by Gasteiger charge is 2.24. The molecule has 3 nitrogen and oxygen atoms in total. The van der Waals surface area contributed by atoms with E-state index in [4.69, 9.17) is 17.3 Å². The van der Waals surface area contributed by atoms with Crippen LogP contribution in [0.5, 0.6) is 0 Å². The second-order valence-corrected chi connectivity index (χ2v) is 6.10. The third kappa shape index (κ3) is 3.77. The Bertz CT molecular complexity index is 363. The van der Waals surface area contributed by atoms with Crippen LogP contribution in [-0.4, -0.2) is 19.0 Å². The summed E-state index contributed by atoms with van der Waals surface area (Å²) in [6, 6.07) is 3.85. The lowest BCUT2D eigenvalue weighted by molar-refractivity contribution is -0.128. The monoisotopic (exact) mass is 260 g/mol. The molecule has 5 heteroatoms. The number of amides is 1. The van der Waals surface area contributed by atoms with Crippen LogP contribution in [0.1, 0.15) is 18.7 Å². The molecule has 0 bridgehead atoms. The van der Waals surface area contributed by atoms with Gasteiger partial charge in [-0.1, -0.05) is 11.6 Å². The van der Waals surface area contributed by atoms with Gasteiger partial charge in [0.1, 0.15) is 0 Å². The van der Waals surface area contributed by atoms with Gasteiger partial charge in [-0.25, -0.2) is 0 Å². The van der Waals surface area contributed by atoms with Crippen molar-refractivity contribution in [2.24, 2.45) is 11.1 Å². The minimum Gasteiger partial charge on any atom is -0.355 e. The average Bonchev–Trinajstić information content (AvgIpc) is 2.64. The molecule has 0 spiro atoms. The van der Waals surface area contributed by atoms with Crippen molar-refractivity contribution in [2.45, 2.75) is 20.3 Å². The Labute approximate surface area is 105 Å². The number of hydrogen-bond acceptors (Lipinski definition) is 3. The van der Waals surface area contributed by atoms with Crippen molar-refractivity contribution in [1.29, 1.82) is 0 Å². The molecule has 1 aromatic rings. The van der Waals surface area contributed by atoms with Crippen LogP contribution in [0.25, 0.3) is 0 Å². The van der Waals surface area contributed by atoms with Crippen molar-refractivity contribution < 1.29 is 4.79 Å². The summed E-state index contributed by atoms with van der Waals surface area (Å²) in [4.78, 5) is 12.9. The Hall–Kier alpha value is -0.580. The molecule has 0 unspecified atom stereocenters. The number of carbonyl (C=O) groups is 1. The maximum absolute atomic E-state index is 11.7. The molecule has 1 aromatic heterocycles. The molecule has 1 rings (SSSR count). The summed E-state index contributed by atoms with van der Waals surface area (Å²) in [5, 5.41) is 2.88. The van der Waals surface area contributed by atoms with E-state index in [2.05, 4.69) is 5.32 Å². The number of hydrogen-bond donors (Lipinski definition) is 2. The van der Waals surface area contributed by atoms with Gasteiger partial charge in [0.2, 0.25) is 5.91 Å². The molecule has 0 fully saturated rings. The minimum absolute atomic E-state index is 0.00217. The van der Waals surface area contributed by atoms with Crippen molar-refractivity contribution in [3.05, 3.63) is 21.3 Å². The van der Waals surface area contributed by atoms with Crippen LogP contribution < -0.4 is 11.1 Å². The van der Waals surface area contributed by atoms with Crippen molar-refractivity contribution in [3.8, 4) is 0 Å². The molecule has 0 aliphatic heterocycles. The fourth-order valence-electron chi connectivity index (χ4n) is 1.12. The molecule has 1 heterocycles. The Morgan fingerprint density at radius 1 is 1.56 bits per heavy atom. The first-order valence-corrected chi connectivity index (χ1v) is 6.38. The van der Waals surface area contributed by atoms with E-state index < -0.39 is 5.41 Å². The molecular formula is C11H17ClN2OS. The van der Waals surface area contributed by atoms with E-state index in [-0.39, 0.29) is 5.91 Å². The molecule has 0 aliphatic rings. The van der Waals surface area contributed by atoms with E-state index in [1.807, 2.05) is 26.0 Å². The van der Waals surface area contributed by atoms with Crippen LogP contribution in [0.2, 0.25) is 4.34 Å². The Morgan fingerprint density at radius 3 is 2.75 bits per heavy atom. The predicted octanol–water partition coefficient (Wildman–Crippen LogP) is 2.05. The maximum atomic E-state index is 11.7. The zero-order chi connectivity index (χ0) is 12.2. The van der Waals surface area contributed by atoms with Crippen molar-refractivity contribution in [3.63, 3.8) is 0 Å². The smallest absolute Gasteiger partial charge is 0.226 e. The van der Waals surface area contributed by atoms with E-state index in [0.717, 1.165) is 10.8 Å². The molecule has 3 N–H and O–H groups in total. The zero-order valence-electron chi connectivity index (χ0n) is 9.55. The van der Waals surface area contributed by atoms with Gasteiger partial charge in [-0.3, -0.25) is 4.79 Å². The standard InChI is InChI=1S/C11H17ClN2OS/c1-11(2,7-13)10(15)14-6-5-8-3-4-9(12)16-8/h3-4H,5-7,13H2,1-2H3,(H,14,15). The summed E-state index contributed by atoms with van der Waals surface area (Å²) in [5.74, 6) is -0.00217. The van der Waals surface area contributed by atoms with Gasteiger partial charge in [-0.05, 0) is 32.4 Å². The van der Waals surface area contributed by atoms with Crippen molar-refractivity contribution >= 4 is 28.8 Å². The Morgan fingerprint density at radius 2 is 2.25 bits per heavy atom. The molecule has 0 aliphatic carbocycles. The molecule has 16 heavy (non-hydrogen) atoms. The van der Waals surface area contributed by atoms with Gasteiger partial charge in [-0.15, -0.1) is 11.3 Å². The predicted molar refractivity (Wildman–Crippen MR) is 68.9 cm³/mol. The van der Waals surface area contributed by atoms with Crippen LogP contribution in [0.3, 0.4) is 0 Å². The topological polar surface area (TPSA) is 55.1 Å². The van der Waals surface area contributed by atoms with E-state index >= 15 is 0 Å². The summed E-state index contributed by atoms with van der Waals surface area (Å²) in [6.07, 6.45) is 0.809. The fraction of sp³-hybridized carbons (Fsp3) is 0.545. The van der Waals surface area contributed by atoms with Crippen LogP contribution in [0, 0.1) is 5.41 Å². The molecule has 0 saturated heterocycles. The highest BCUT2D eigenvalue weighted by atomic mass is 35.5. The number of halogens is 1. The van der Waals surface area contributed by atoms with Crippen LogP contribution in [0.15, 0.2) is 12.1 Å². The Kier molecular flexibility index (Phi) is 4.77. The highest BCUT2D eigenvalue weighted by Crippen LogP contribution is 2.21. The van der Waals surface area contributed by atoms with E-state index in [9.17, 15) is 4.79 Å². The lowest BCUT2D eigenvalue weighted by Crippen LogP contribution is -2.42. The molecule has 0 aromatic carbocycles. The number of rotatable bonds is 5. The number of carbonyl (C=O) groups excluding carboxylic acids is 1. The zero-order valence-corrected chi connectivity index (χ0v) is 11.1. The first-order chi connectivity index (χ1) is 7.45. The third-order valence-electron chi connectivity index (χ3n) is 2.41. The lowest BCUT2D eigenvalue weighted by Gasteiger charge is -2.21. The van der Waals surface area contributed by atoms with Crippen molar-refractivity contribution in [1.82, 2.24) is 5.32 Å². The quantitative estimate of drug-likeness (QED) is 0.851. The summed E-state index contributed by atoms with van der Waals surface area (Å²) in [5.41, 5.74) is 5.02. The summed E-state index contributed by atoms with van der Waals surface area (Å²) in [6.45, 7) is 4.65. The highest BCUT2D eigenvalue weighted by molar-refractivity contribution is 7.16. The maximum Gasteiger partial charge on any atom is 0.226 e. The van der Waals surface area contributed by atoms with Gasteiger partial charge in [0.05, 0.1) is 9.75 Å². The number of nitrogens with one attached hydrogen (secondary N) is 1. The van der Waals surface area contributed by atoms with E-state index in [1.165, 1.54) is 4.88 Å². The number of nitrogens with two attached hydrogens (primary N) is 1. The largest absolute Gasteiger partial charge is 0.355 e. The van der Waals surface area contributed by atoms with Gasteiger partial charge in [0.25, 0.3) is 0 Å². The third-order valence-corrected chi connectivity index (χ3v) is 3.70. The minimum atomic E-state index is -0.493.